The highest BCUT2D eigenvalue weighted by Crippen LogP contribution is 2.07. The van der Waals surface area contributed by atoms with Crippen molar-refractivity contribution in [3.05, 3.63) is 0 Å². The van der Waals surface area contributed by atoms with Gasteiger partial charge in [0.1, 0.15) is 6.29 Å². The van der Waals surface area contributed by atoms with Crippen LogP contribution in [0, 0.1) is 12.3 Å². The Morgan fingerprint density at radius 3 is 2.50 bits per heavy atom. The molecular formula is C15H24O3. The summed E-state index contributed by atoms with van der Waals surface area (Å²) in [6, 6.07) is 0. The van der Waals surface area contributed by atoms with Crippen LogP contribution in [0.2, 0.25) is 0 Å². The molecular weight excluding hydrogens is 228 g/mol. The molecule has 0 fully saturated rings. The fourth-order valence-corrected chi connectivity index (χ4v) is 1.61. The number of hydrogen-bond donors (Lipinski definition) is 0. The third-order valence-electron chi connectivity index (χ3n) is 2.68. The number of rotatable bonds is 12. The number of carbonyl (C=O) groups excluding carboxylic acids is 2. The summed E-state index contributed by atoms with van der Waals surface area (Å²) < 4.78 is 5.08. The van der Waals surface area contributed by atoms with Crippen molar-refractivity contribution in [1.82, 2.24) is 0 Å². The zero-order valence-electron chi connectivity index (χ0n) is 11.2. The van der Waals surface area contributed by atoms with Crippen LogP contribution in [-0.4, -0.2) is 18.9 Å². The van der Waals surface area contributed by atoms with Crippen molar-refractivity contribution >= 4 is 12.3 Å². The van der Waals surface area contributed by atoms with Crippen LogP contribution in [0.1, 0.15) is 64.2 Å². The maximum absolute atomic E-state index is 11.3. The topological polar surface area (TPSA) is 43.4 Å². The van der Waals surface area contributed by atoms with E-state index in [1.807, 2.05) is 0 Å². The minimum absolute atomic E-state index is 0.108. The van der Waals surface area contributed by atoms with E-state index in [2.05, 4.69) is 5.92 Å². The minimum atomic E-state index is -0.108. The van der Waals surface area contributed by atoms with E-state index in [-0.39, 0.29) is 5.97 Å². The monoisotopic (exact) mass is 252 g/mol. The van der Waals surface area contributed by atoms with Gasteiger partial charge < -0.3 is 9.53 Å². The van der Waals surface area contributed by atoms with Crippen molar-refractivity contribution in [2.24, 2.45) is 0 Å². The van der Waals surface area contributed by atoms with E-state index in [0.29, 0.717) is 19.4 Å². The number of ether oxygens (including phenoxy) is 1. The summed E-state index contributed by atoms with van der Waals surface area (Å²) in [5, 5.41) is 0. The highest BCUT2D eigenvalue weighted by Gasteiger charge is 2.01. The molecule has 0 atom stereocenters. The fourth-order valence-electron chi connectivity index (χ4n) is 1.61. The predicted molar refractivity (Wildman–Crippen MR) is 72.0 cm³/mol. The largest absolute Gasteiger partial charge is 0.466 e. The second-order valence-corrected chi connectivity index (χ2v) is 4.35. The fraction of sp³-hybridized carbons (Fsp3) is 0.733. The van der Waals surface area contributed by atoms with Gasteiger partial charge in [0, 0.05) is 19.3 Å². The minimum Gasteiger partial charge on any atom is -0.466 e. The number of hydrogen-bond acceptors (Lipinski definition) is 3. The molecule has 0 aliphatic carbocycles. The molecule has 3 nitrogen and oxygen atoms in total. The molecule has 0 heterocycles. The van der Waals surface area contributed by atoms with Crippen LogP contribution in [0.3, 0.4) is 0 Å². The summed E-state index contributed by atoms with van der Waals surface area (Å²) in [5.74, 6) is 2.45. The van der Waals surface area contributed by atoms with Crippen molar-refractivity contribution in [3.8, 4) is 12.3 Å². The predicted octanol–water partition coefficient (Wildman–Crippen LogP) is 3.26. The van der Waals surface area contributed by atoms with Crippen molar-refractivity contribution < 1.29 is 14.3 Å². The van der Waals surface area contributed by atoms with Crippen molar-refractivity contribution in [1.29, 1.82) is 0 Å². The van der Waals surface area contributed by atoms with Gasteiger partial charge in [0.25, 0.3) is 0 Å². The van der Waals surface area contributed by atoms with Crippen LogP contribution in [0.5, 0.6) is 0 Å². The van der Waals surface area contributed by atoms with E-state index in [9.17, 15) is 9.59 Å². The molecule has 102 valence electrons. The third-order valence-corrected chi connectivity index (χ3v) is 2.68. The third kappa shape index (κ3) is 12.8. The molecule has 3 heteroatoms. The Morgan fingerprint density at radius 2 is 1.78 bits per heavy atom. The average Bonchev–Trinajstić information content (AvgIpc) is 2.37. The average molecular weight is 252 g/mol. The highest BCUT2D eigenvalue weighted by atomic mass is 16.5. The second kappa shape index (κ2) is 13.8. The summed E-state index contributed by atoms with van der Waals surface area (Å²) >= 11 is 0. The van der Waals surface area contributed by atoms with E-state index < -0.39 is 0 Å². The lowest BCUT2D eigenvalue weighted by molar-refractivity contribution is -0.143. The standard InChI is InChI=1S/C15H24O3/c1-2-3-4-11-14-18-15(17)12-9-7-5-6-8-10-13-16/h1,13H,3-12,14H2. The van der Waals surface area contributed by atoms with Gasteiger partial charge in [-0.2, -0.15) is 0 Å². The van der Waals surface area contributed by atoms with Crippen LogP contribution < -0.4 is 0 Å². The molecule has 0 spiro atoms. The quantitative estimate of drug-likeness (QED) is 0.232. The highest BCUT2D eigenvalue weighted by molar-refractivity contribution is 5.69. The molecule has 0 aromatic rings. The van der Waals surface area contributed by atoms with E-state index in [4.69, 9.17) is 11.2 Å². The number of unbranched alkanes of at least 4 members (excludes halogenated alkanes) is 7. The molecule has 0 bridgehead atoms. The Morgan fingerprint density at radius 1 is 1.06 bits per heavy atom. The van der Waals surface area contributed by atoms with E-state index in [0.717, 1.165) is 57.7 Å². The number of aldehydes is 1. The van der Waals surface area contributed by atoms with Crippen molar-refractivity contribution in [3.63, 3.8) is 0 Å². The van der Waals surface area contributed by atoms with Gasteiger partial charge in [-0.15, -0.1) is 12.3 Å². The van der Waals surface area contributed by atoms with Gasteiger partial charge in [-0.25, -0.2) is 0 Å². The molecule has 18 heavy (non-hydrogen) atoms. The SMILES string of the molecule is C#CCCCCOC(=O)CCCCCCCC=O. The lowest BCUT2D eigenvalue weighted by atomic mass is 10.1. The van der Waals surface area contributed by atoms with Gasteiger partial charge in [0.15, 0.2) is 0 Å². The van der Waals surface area contributed by atoms with Crippen LogP contribution in [0.4, 0.5) is 0 Å². The van der Waals surface area contributed by atoms with Gasteiger partial charge in [-0.05, 0) is 25.7 Å². The van der Waals surface area contributed by atoms with Crippen molar-refractivity contribution in [2.45, 2.75) is 64.2 Å². The lowest BCUT2D eigenvalue weighted by Gasteiger charge is -2.04. The van der Waals surface area contributed by atoms with Gasteiger partial charge in [0.2, 0.25) is 0 Å². The second-order valence-electron chi connectivity index (χ2n) is 4.35. The first-order valence-electron chi connectivity index (χ1n) is 6.84. The van der Waals surface area contributed by atoms with E-state index in [1.54, 1.807) is 0 Å². The normalized spacial score (nSPS) is 9.72. The van der Waals surface area contributed by atoms with Crippen LogP contribution in [0.25, 0.3) is 0 Å². The number of esters is 1. The van der Waals surface area contributed by atoms with E-state index in [1.165, 1.54) is 0 Å². The van der Waals surface area contributed by atoms with Crippen LogP contribution in [0.15, 0.2) is 0 Å². The smallest absolute Gasteiger partial charge is 0.305 e. The summed E-state index contributed by atoms with van der Waals surface area (Å²) in [7, 11) is 0. The Hall–Kier alpha value is -1.30. The molecule has 0 aromatic carbocycles. The number of carbonyl (C=O) groups is 2. The zero-order valence-corrected chi connectivity index (χ0v) is 11.2. The Bertz CT molecular complexity index is 253. The summed E-state index contributed by atoms with van der Waals surface area (Å²) in [6.45, 7) is 0.486. The molecule has 0 saturated heterocycles. The van der Waals surface area contributed by atoms with Gasteiger partial charge in [-0.3, -0.25) is 4.79 Å². The van der Waals surface area contributed by atoms with Crippen LogP contribution in [-0.2, 0) is 14.3 Å². The van der Waals surface area contributed by atoms with Gasteiger partial charge in [0.05, 0.1) is 6.61 Å². The lowest BCUT2D eigenvalue weighted by Crippen LogP contribution is -2.05. The zero-order chi connectivity index (χ0) is 13.5. The Labute approximate surface area is 110 Å². The summed E-state index contributed by atoms with van der Waals surface area (Å²) in [5.41, 5.74) is 0. The maximum atomic E-state index is 11.3. The van der Waals surface area contributed by atoms with Gasteiger partial charge >= 0.3 is 5.97 Å². The molecule has 0 aliphatic heterocycles. The van der Waals surface area contributed by atoms with E-state index >= 15 is 0 Å². The molecule has 0 rings (SSSR count). The molecule has 0 aromatic heterocycles. The molecule has 0 radical (unpaired) electrons. The molecule has 0 N–H and O–H groups in total. The Balaban J connectivity index is 3.17. The first-order chi connectivity index (χ1) is 8.81. The van der Waals surface area contributed by atoms with Gasteiger partial charge in [-0.1, -0.05) is 19.3 Å². The number of terminal acetylenes is 1. The molecule has 0 amide bonds. The Kier molecular flexibility index (Phi) is 12.8. The summed E-state index contributed by atoms with van der Waals surface area (Å²) in [4.78, 5) is 21.4. The van der Waals surface area contributed by atoms with Crippen LogP contribution >= 0.6 is 0 Å². The molecule has 0 saturated carbocycles. The molecule has 0 unspecified atom stereocenters. The first kappa shape index (κ1) is 16.7. The first-order valence-corrected chi connectivity index (χ1v) is 6.84. The molecule has 0 aliphatic rings. The summed E-state index contributed by atoms with van der Waals surface area (Å²) in [6.07, 6.45) is 14.8. The van der Waals surface area contributed by atoms with Crippen molar-refractivity contribution in [2.75, 3.05) is 6.61 Å². The maximum Gasteiger partial charge on any atom is 0.305 e.